The Morgan fingerprint density at radius 1 is 1.11 bits per heavy atom. The minimum Gasteiger partial charge on any atom is -0.379 e. The highest BCUT2D eigenvalue weighted by Gasteiger charge is 2.35. The van der Waals surface area contributed by atoms with Gasteiger partial charge >= 0.3 is 6.03 Å². The summed E-state index contributed by atoms with van der Waals surface area (Å²) in [6.45, 7) is 6.03. The minimum atomic E-state index is -0.673. The standard InChI is InChI=1S/C27H33F2N5O3/c1-2-11-30-27(36)33(13-12-32-14-16-37-17-15-32)19-26(35)34-25(22-5-3-4-6-23(22)29)18-24(31-34)20-7-9-21(28)10-8-20/h3-10,25H,2,11-19H2,1H3,(H,30,36). The molecule has 0 aliphatic carbocycles. The topological polar surface area (TPSA) is 77.5 Å². The van der Waals surface area contributed by atoms with Crippen LogP contribution in [0.15, 0.2) is 53.6 Å². The van der Waals surface area contributed by atoms with E-state index in [2.05, 4.69) is 15.3 Å². The van der Waals surface area contributed by atoms with Crippen molar-refractivity contribution in [3.8, 4) is 0 Å². The Balaban J connectivity index is 1.55. The van der Waals surface area contributed by atoms with Crippen LogP contribution in [0.1, 0.15) is 36.9 Å². The Kier molecular flexibility index (Phi) is 9.19. The second-order valence-corrected chi connectivity index (χ2v) is 9.14. The lowest BCUT2D eigenvalue weighted by atomic mass is 9.98. The minimum absolute atomic E-state index is 0.203. The molecule has 1 unspecified atom stereocenters. The van der Waals surface area contributed by atoms with E-state index in [0.29, 0.717) is 49.7 Å². The number of hydrazone groups is 1. The number of carbonyl (C=O) groups is 2. The molecular weight excluding hydrogens is 480 g/mol. The zero-order chi connectivity index (χ0) is 26.2. The molecule has 198 valence electrons. The number of morpholine rings is 1. The number of nitrogens with zero attached hydrogens (tertiary/aromatic N) is 4. The van der Waals surface area contributed by atoms with Crippen molar-refractivity contribution in [1.29, 1.82) is 0 Å². The van der Waals surface area contributed by atoms with Gasteiger partial charge in [0.15, 0.2) is 0 Å². The number of hydrogen-bond donors (Lipinski definition) is 1. The van der Waals surface area contributed by atoms with Crippen LogP contribution in [0.2, 0.25) is 0 Å². The molecule has 1 atom stereocenters. The van der Waals surface area contributed by atoms with Gasteiger partial charge in [0.2, 0.25) is 0 Å². The van der Waals surface area contributed by atoms with Crippen LogP contribution in [0.25, 0.3) is 0 Å². The molecule has 2 aromatic rings. The molecule has 8 nitrogen and oxygen atoms in total. The number of amides is 3. The molecule has 2 aliphatic rings. The fourth-order valence-corrected chi connectivity index (χ4v) is 4.46. The number of urea groups is 1. The van der Waals surface area contributed by atoms with Crippen molar-refractivity contribution in [3.63, 3.8) is 0 Å². The monoisotopic (exact) mass is 513 g/mol. The van der Waals surface area contributed by atoms with Crippen molar-refractivity contribution in [2.45, 2.75) is 25.8 Å². The average molecular weight is 514 g/mol. The molecular formula is C27H33F2N5O3. The van der Waals surface area contributed by atoms with Crippen LogP contribution < -0.4 is 5.32 Å². The van der Waals surface area contributed by atoms with Crippen LogP contribution in [0.3, 0.4) is 0 Å². The third kappa shape index (κ3) is 6.90. The molecule has 0 radical (unpaired) electrons. The van der Waals surface area contributed by atoms with Gasteiger partial charge in [-0.15, -0.1) is 0 Å². The highest BCUT2D eigenvalue weighted by atomic mass is 19.1. The summed E-state index contributed by atoms with van der Waals surface area (Å²) in [4.78, 5) is 30.2. The van der Waals surface area contributed by atoms with Crippen LogP contribution in [0.4, 0.5) is 13.6 Å². The van der Waals surface area contributed by atoms with Crippen LogP contribution in [-0.4, -0.2) is 84.9 Å². The zero-order valence-corrected chi connectivity index (χ0v) is 21.0. The van der Waals surface area contributed by atoms with Gasteiger partial charge in [0, 0.05) is 44.7 Å². The molecule has 2 aliphatic heterocycles. The number of benzene rings is 2. The fourth-order valence-electron chi connectivity index (χ4n) is 4.46. The molecule has 0 spiro atoms. The highest BCUT2D eigenvalue weighted by molar-refractivity contribution is 6.03. The quantitative estimate of drug-likeness (QED) is 0.558. The predicted molar refractivity (Wildman–Crippen MR) is 136 cm³/mol. The van der Waals surface area contributed by atoms with Gasteiger partial charge in [-0.3, -0.25) is 9.69 Å². The van der Waals surface area contributed by atoms with Crippen molar-refractivity contribution < 1.29 is 23.1 Å². The summed E-state index contributed by atoms with van der Waals surface area (Å²) < 4.78 is 33.7. The molecule has 37 heavy (non-hydrogen) atoms. The lowest BCUT2D eigenvalue weighted by Crippen LogP contribution is -2.49. The van der Waals surface area contributed by atoms with Crippen molar-refractivity contribution in [1.82, 2.24) is 20.1 Å². The smallest absolute Gasteiger partial charge is 0.317 e. The second-order valence-electron chi connectivity index (χ2n) is 9.14. The van der Waals surface area contributed by atoms with Crippen molar-refractivity contribution in [3.05, 3.63) is 71.3 Å². The lowest BCUT2D eigenvalue weighted by molar-refractivity contribution is -0.133. The number of rotatable bonds is 9. The zero-order valence-electron chi connectivity index (χ0n) is 21.0. The van der Waals surface area contributed by atoms with E-state index in [9.17, 15) is 18.4 Å². The summed E-state index contributed by atoms with van der Waals surface area (Å²) >= 11 is 0. The second kappa shape index (κ2) is 12.7. The van der Waals surface area contributed by atoms with E-state index in [-0.39, 0.29) is 24.8 Å². The summed E-state index contributed by atoms with van der Waals surface area (Å²) in [7, 11) is 0. The van der Waals surface area contributed by atoms with Crippen LogP contribution in [0.5, 0.6) is 0 Å². The molecule has 1 N–H and O–H groups in total. The molecule has 0 saturated carbocycles. The van der Waals surface area contributed by atoms with Gasteiger partial charge < -0.3 is 15.0 Å². The van der Waals surface area contributed by atoms with E-state index >= 15 is 0 Å². The Bertz CT molecular complexity index is 1110. The average Bonchev–Trinajstić information content (AvgIpc) is 3.36. The van der Waals surface area contributed by atoms with E-state index in [4.69, 9.17) is 4.74 Å². The van der Waals surface area contributed by atoms with Crippen LogP contribution in [-0.2, 0) is 9.53 Å². The van der Waals surface area contributed by atoms with Gasteiger partial charge in [0.05, 0.1) is 25.0 Å². The van der Waals surface area contributed by atoms with Gasteiger partial charge in [-0.05, 0) is 30.2 Å². The first-order valence-electron chi connectivity index (χ1n) is 12.7. The van der Waals surface area contributed by atoms with Crippen LogP contribution >= 0.6 is 0 Å². The van der Waals surface area contributed by atoms with Crippen molar-refractivity contribution in [2.75, 3.05) is 52.5 Å². The summed E-state index contributed by atoms with van der Waals surface area (Å²) in [5.41, 5.74) is 1.55. The van der Waals surface area contributed by atoms with Gasteiger partial charge in [-0.2, -0.15) is 5.10 Å². The number of nitrogens with one attached hydrogen (secondary N) is 1. The normalized spacial score (nSPS) is 18.0. The Morgan fingerprint density at radius 3 is 2.54 bits per heavy atom. The van der Waals surface area contributed by atoms with E-state index in [1.165, 1.54) is 28.1 Å². The number of ether oxygens (including phenoxy) is 1. The molecule has 1 saturated heterocycles. The largest absolute Gasteiger partial charge is 0.379 e. The van der Waals surface area contributed by atoms with E-state index < -0.39 is 17.8 Å². The maximum atomic E-state index is 14.8. The highest BCUT2D eigenvalue weighted by Crippen LogP contribution is 2.34. The van der Waals surface area contributed by atoms with Crippen molar-refractivity contribution in [2.24, 2.45) is 5.10 Å². The SMILES string of the molecule is CCCNC(=O)N(CCN1CCOCC1)CC(=O)N1N=C(c2ccc(F)cc2)CC1c1ccccc1F. The van der Waals surface area contributed by atoms with Crippen LogP contribution in [0, 0.1) is 11.6 Å². The maximum absolute atomic E-state index is 14.8. The van der Waals surface area contributed by atoms with Gasteiger partial charge in [-0.25, -0.2) is 18.6 Å². The van der Waals surface area contributed by atoms with Gasteiger partial charge in [-0.1, -0.05) is 37.3 Å². The van der Waals surface area contributed by atoms with Crippen molar-refractivity contribution >= 4 is 17.6 Å². The molecule has 1 fully saturated rings. The number of carbonyl (C=O) groups excluding carboxylic acids is 2. The third-order valence-electron chi connectivity index (χ3n) is 6.54. The Hall–Kier alpha value is -3.37. The molecule has 3 amide bonds. The first-order chi connectivity index (χ1) is 18.0. The van der Waals surface area contributed by atoms with Gasteiger partial charge in [0.25, 0.3) is 5.91 Å². The first kappa shape index (κ1) is 26.7. The van der Waals surface area contributed by atoms with E-state index in [0.717, 1.165) is 19.5 Å². The Labute approximate surface area is 215 Å². The first-order valence-corrected chi connectivity index (χ1v) is 12.7. The summed E-state index contributed by atoms with van der Waals surface area (Å²) in [6.07, 6.45) is 1.04. The molecule has 0 aromatic heterocycles. The molecule has 0 bridgehead atoms. The summed E-state index contributed by atoms with van der Waals surface area (Å²) in [5.74, 6) is -1.24. The van der Waals surface area contributed by atoms with E-state index in [1.54, 1.807) is 30.3 Å². The molecule has 2 heterocycles. The third-order valence-corrected chi connectivity index (χ3v) is 6.54. The van der Waals surface area contributed by atoms with Gasteiger partial charge in [0.1, 0.15) is 18.2 Å². The molecule has 10 heteroatoms. The Morgan fingerprint density at radius 2 is 1.84 bits per heavy atom. The summed E-state index contributed by atoms with van der Waals surface area (Å²) in [5, 5.41) is 8.66. The summed E-state index contributed by atoms with van der Waals surface area (Å²) in [6, 6.07) is 11.1. The number of hydrogen-bond acceptors (Lipinski definition) is 5. The lowest BCUT2D eigenvalue weighted by Gasteiger charge is -2.31. The predicted octanol–water partition coefficient (Wildman–Crippen LogP) is 3.40. The fraction of sp³-hybridized carbons (Fsp3) is 0.444. The molecule has 4 rings (SSSR count). The molecule has 2 aromatic carbocycles. The number of halogens is 2. The van der Waals surface area contributed by atoms with E-state index in [1.807, 2.05) is 6.92 Å². The maximum Gasteiger partial charge on any atom is 0.317 e.